The quantitative estimate of drug-likeness (QED) is 0.0105. The zero-order valence-electron chi connectivity index (χ0n) is 72.3. The van der Waals surface area contributed by atoms with Crippen molar-refractivity contribution in [2.75, 3.05) is 85.4 Å². The molecule has 0 aromatic heterocycles. The number of alkyl halides is 1. The minimum atomic E-state index is -1.46. The van der Waals surface area contributed by atoms with Crippen LogP contribution < -0.4 is 29.0 Å². The molecule has 5 amide bonds. The Morgan fingerprint density at radius 2 is 0.818 bits per heavy atom. The maximum atomic E-state index is 14.2. The van der Waals surface area contributed by atoms with Gasteiger partial charge in [-0.05, 0) is 263 Å². The number of aromatic hydroxyl groups is 1. The van der Waals surface area contributed by atoms with Crippen LogP contribution in [0, 0.1) is 45.6 Å². The molecule has 34 heteroatoms. The number of amides is 5. The number of hydrogen-bond donors (Lipinski definition) is 5. The fraction of sp³-hybridized carbons (Fsp3) is 0.460. The number of imide groups is 2. The molecule has 0 atom stereocenters. The number of hydrogen-bond acceptors (Lipinski definition) is 20. The Morgan fingerprint density at radius 1 is 0.471 bits per heavy atom. The zero-order valence-corrected chi connectivity index (χ0v) is 81.4. The summed E-state index contributed by atoms with van der Waals surface area (Å²) >= 11 is 8.88. The van der Waals surface area contributed by atoms with Gasteiger partial charge in [0.25, 0.3) is 0 Å². The molecule has 0 fully saturated rings. The molecule has 0 saturated heterocycles. The Kier molecular flexibility index (Phi) is 57.6. The molecule has 6 aromatic carbocycles. The van der Waals surface area contributed by atoms with E-state index in [-0.39, 0.29) is 116 Å². The highest BCUT2D eigenvalue weighted by Gasteiger charge is 2.37. The molecule has 0 unspecified atom stereocenters. The maximum absolute atomic E-state index is 14.2. The van der Waals surface area contributed by atoms with Crippen LogP contribution in [0.25, 0.3) is 12.2 Å². The number of ether oxygens (including phenoxy) is 10. The summed E-state index contributed by atoms with van der Waals surface area (Å²) in [4.78, 5) is 61.7. The molecule has 680 valence electrons. The number of methoxy groups -OCH3 is 2. The third-order valence-electron chi connectivity index (χ3n) is 13.8. The van der Waals surface area contributed by atoms with Crippen LogP contribution in [0.5, 0.6) is 34.5 Å². The van der Waals surface area contributed by atoms with Crippen molar-refractivity contribution < 1.29 is 123 Å². The second kappa shape index (κ2) is 59.3. The molecule has 0 aliphatic carbocycles. The van der Waals surface area contributed by atoms with Crippen LogP contribution >= 0.6 is 83.7 Å². The number of benzene rings is 6. The summed E-state index contributed by atoms with van der Waals surface area (Å²) in [5.74, 6) is 0.00692. The van der Waals surface area contributed by atoms with Crippen LogP contribution in [-0.4, -0.2) is 182 Å². The fourth-order valence-corrected chi connectivity index (χ4v) is 10.6. The highest BCUT2D eigenvalue weighted by molar-refractivity contribution is 14.1. The summed E-state index contributed by atoms with van der Waals surface area (Å²) in [5.41, 5.74) is -3.12. The summed E-state index contributed by atoms with van der Waals surface area (Å²) < 4.78 is 136. The van der Waals surface area contributed by atoms with Crippen molar-refractivity contribution in [1.82, 2.24) is 15.1 Å². The fourth-order valence-electron chi connectivity index (χ4n) is 7.66. The minimum Gasteiger partial charge on any atom is -0.507 e. The van der Waals surface area contributed by atoms with Crippen molar-refractivity contribution in [2.24, 2.45) is 0 Å². The van der Waals surface area contributed by atoms with Gasteiger partial charge in [-0.3, -0.25) is 0 Å². The van der Waals surface area contributed by atoms with E-state index in [4.69, 9.17) is 72.2 Å². The van der Waals surface area contributed by atoms with Gasteiger partial charge in [0.15, 0.2) is 8.32 Å². The third-order valence-corrected chi connectivity index (χ3v) is 21.8. The highest BCUT2D eigenvalue weighted by Crippen LogP contribution is 2.37. The van der Waals surface area contributed by atoms with Gasteiger partial charge >= 0.3 is 30.5 Å². The highest BCUT2D eigenvalue weighted by atomic mass is 127. The number of phenols is 1. The smallest absolute Gasteiger partial charge is 0.420 e. The zero-order chi connectivity index (χ0) is 92.6. The number of carbonyl (C=O) groups excluding carboxylic acids is 5. The Hall–Kier alpha value is -7.60. The average Bonchev–Trinajstić information content (AvgIpc) is 0.843. The molecule has 0 radical (unpaired) electrons. The third kappa shape index (κ3) is 53.9. The number of phenolic OH excluding ortho intramolecular Hbond substituents is 1. The molecule has 23 nitrogen and oxygen atoms in total. The molecule has 0 heterocycles. The molecule has 0 saturated carbocycles. The number of nitrogens with one attached hydrogen (secondary N) is 1. The first-order chi connectivity index (χ1) is 55.5. The van der Waals surface area contributed by atoms with Crippen molar-refractivity contribution in [3.05, 3.63) is 197 Å². The van der Waals surface area contributed by atoms with E-state index < -0.39 is 78.4 Å². The van der Waals surface area contributed by atoms with E-state index in [1.54, 1.807) is 181 Å². The molecule has 0 aliphatic rings. The second-order valence-corrected chi connectivity index (χ2v) is 39.8. The van der Waals surface area contributed by atoms with Gasteiger partial charge in [0.05, 0.1) is 69.0 Å². The van der Waals surface area contributed by atoms with Crippen LogP contribution in [0.15, 0.2) is 140 Å². The molecule has 0 bridgehead atoms. The Morgan fingerprint density at radius 3 is 1.15 bits per heavy atom. The lowest BCUT2D eigenvalue weighted by molar-refractivity contribution is 0.00160. The van der Waals surface area contributed by atoms with Gasteiger partial charge in [0.1, 0.15) is 117 Å². The van der Waals surface area contributed by atoms with Crippen LogP contribution in [0.2, 0.25) is 18.1 Å². The second-order valence-electron chi connectivity index (χ2n) is 31.0. The minimum absolute atomic E-state index is 0. The lowest BCUT2D eigenvalue weighted by atomic mass is 10.1. The number of nitrogens with zero attached hydrogens (tertiary/aromatic N) is 2. The molecule has 0 aliphatic heterocycles. The molecular formula is C87H123BrF6I3N3O20Si. The monoisotopic (exact) mass is 2130 g/mol. The molecule has 0 spiro atoms. The molecule has 6 aromatic rings. The molecule has 121 heavy (non-hydrogen) atoms. The number of alkyl carbamates (subject to hydrolysis) is 1. The number of halogens is 10. The first-order valence-corrected chi connectivity index (χ1v) is 44.5. The Labute approximate surface area is 761 Å². The standard InChI is InChI=1S/C21H30FNO6.C16H22FNO4.C13H23NO4.C8H19BrOSi.C8H8FIO2.C7H6FIO.C7H7FO.C6H4FIO.CH4/c1-20(2,3)28-18(25)23(19(26)29-21(4,5)6)12-8-9-15-16(22)10-7-11-17(15)27-14-13-24;1-16(2,3)22-15(20)18-9-5-6-12-13(17)7-4-8-14(12)21-11-10-19;1-8-9-14(10(15)17-12(2,3)4)11(16)18-13(5,6)7;1-8(2,3)11(4,5)10-7-6-9;9-6-2-1-3-7(8(6)10)12-5-4-11;1-10-6-4-2-3-5(8)7(6)9;1-9-7-4-2-3-6(8)5-7;7-4-2-1-3-5(9)6(4)8;/h7-11,24H,12-14H2,1-6H3;4-8,19H,9-11H2,1-3H3,(H,18,20);8H,1,9H2,2-7H3;6-7H2,1-5H3;1-3,11H,4-5H2;2-4H,1H3;2-5H,1H3;1-3,9H;1H4/b9-8+;6-5+;;;;;;;. The lowest BCUT2D eigenvalue weighted by Gasteiger charge is -2.35. The largest absolute Gasteiger partial charge is 0.507 e. The predicted molar refractivity (Wildman–Crippen MR) is 494 cm³/mol. The van der Waals surface area contributed by atoms with Gasteiger partial charge in [-0.25, -0.2) is 60.1 Å². The van der Waals surface area contributed by atoms with Crippen molar-refractivity contribution in [3.63, 3.8) is 0 Å². The molecule has 6 rings (SSSR count). The van der Waals surface area contributed by atoms with Gasteiger partial charge in [-0.1, -0.05) is 111 Å². The maximum Gasteiger partial charge on any atom is 0.420 e. The summed E-state index contributed by atoms with van der Waals surface area (Å²) in [5, 5.41) is 38.8. The Balaban J connectivity index is -0.00000136. The van der Waals surface area contributed by atoms with Gasteiger partial charge < -0.3 is 77.5 Å². The lowest BCUT2D eigenvalue weighted by Crippen LogP contribution is -2.43. The number of aliphatic hydroxyl groups excluding tert-OH is 3. The SMILES string of the molecule is C.C=CCN(C(=O)OC(C)(C)C)C(=O)OC(C)(C)C.CC(C)(C)OC(=O)N(C/C=C/c1c(F)cccc1OCCO)C(=O)OC(C)(C)C.CC(C)(C)OC(=O)NC/C=C/c1c(F)cccc1OCCO.CC(C)(C)[Si](C)(C)OCCBr.COc1cccc(F)c1.COc1cccc(F)c1I.OCCOc1cccc(F)c1I.Oc1cccc(F)c1I. The van der Waals surface area contributed by atoms with Crippen LogP contribution in [0.4, 0.5) is 50.3 Å². The van der Waals surface area contributed by atoms with Gasteiger partial charge in [0.2, 0.25) is 0 Å². The molecule has 5 N–H and O–H groups in total. The number of aliphatic hydroxyl groups is 3. The Bertz CT molecular complexity index is 4050. The van der Waals surface area contributed by atoms with Crippen molar-refractivity contribution in [1.29, 1.82) is 0 Å². The van der Waals surface area contributed by atoms with Crippen molar-refractivity contribution >= 4 is 135 Å². The van der Waals surface area contributed by atoms with Crippen molar-refractivity contribution in [2.45, 2.75) is 178 Å². The van der Waals surface area contributed by atoms with E-state index in [0.29, 0.717) is 35.2 Å². The van der Waals surface area contributed by atoms with Gasteiger partial charge in [0, 0.05) is 24.5 Å². The van der Waals surface area contributed by atoms with Crippen LogP contribution in [0.3, 0.4) is 0 Å². The summed E-state index contributed by atoms with van der Waals surface area (Å²) in [6, 6.07) is 28.3. The molecular weight excluding hydrogens is 2010 g/mol. The van der Waals surface area contributed by atoms with Gasteiger partial charge in [-0.15, -0.1) is 6.58 Å². The first kappa shape index (κ1) is 118. The summed E-state index contributed by atoms with van der Waals surface area (Å²) in [6.45, 7) is 41.3. The van der Waals surface area contributed by atoms with E-state index in [0.717, 1.165) is 21.7 Å². The summed E-state index contributed by atoms with van der Waals surface area (Å²) in [7, 11) is 1.58. The van der Waals surface area contributed by atoms with Crippen molar-refractivity contribution in [3.8, 4) is 34.5 Å². The van der Waals surface area contributed by atoms with Crippen LogP contribution in [-0.2, 0) is 28.1 Å². The number of rotatable bonds is 22. The normalized spacial score (nSPS) is 11.1. The van der Waals surface area contributed by atoms with E-state index in [9.17, 15) is 50.3 Å². The predicted octanol–water partition coefficient (Wildman–Crippen LogP) is 22.7. The summed E-state index contributed by atoms with van der Waals surface area (Å²) in [6.07, 6.45) is 3.60. The van der Waals surface area contributed by atoms with E-state index in [2.05, 4.69) is 61.7 Å². The van der Waals surface area contributed by atoms with Gasteiger partial charge in [-0.2, -0.15) is 0 Å². The van der Waals surface area contributed by atoms with E-state index in [1.807, 2.05) is 45.2 Å². The first-order valence-electron chi connectivity index (χ1n) is 37.2. The van der Waals surface area contributed by atoms with Crippen LogP contribution in [0.1, 0.15) is 143 Å². The van der Waals surface area contributed by atoms with E-state index >= 15 is 0 Å². The number of carbonyl (C=O) groups is 5. The average molecular weight is 2130 g/mol. The van der Waals surface area contributed by atoms with E-state index in [1.165, 1.54) is 105 Å². The topological polar surface area (TPSA) is 286 Å².